The summed E-state index contributed by atoms with van der Waals surface area (Å²) in [6.45, 7) is 3.09. The minimum atomic E-state index is -5.65. The van der Waals surface area contributed by atoms with Crippen LogP contribution in [0, 0.1) is 13.8 Å². The summed E-state index contributed by atoms with van der Waals surface area (Å²) in [6, 6.07) is 1.83. The van der Waals surface area contributed by atoms with Crippen LogP contribution >= 0.6 is 12.4 Å². The number of hydrogen-bond donors (Lipinski definition) is 1. The van der Waals surface area contributed by atoms with Crippen LogP contribution in [0.2, 0.25) is 0 Å². The van der Waals surface area contributed by atoms with Crippen LogP contribution in [0.25, 0.3) is 0 Å². The number of nitrogens with two attached hydrogens (primary N) is 1. The Hall–Kier alpha value is -0.880. The fourth-order valence-corrected chi connectivity index (χ4v) is 1.48. The molecule has 0 saturated carbocycles. The van der Waals surface area contributed by atoms with E-state index in [9.17, 15) is 22.0 Å². The van der Waals surface area contributed by atoms with Crippen molar-refractivity contribution in [3.05, 3.63) is 34.9 Å². The fraction of sp³-hybridized carbons (Fsp3) is 0.455. The Morgan fingerprint density at radius 1 is 1.06 bits per heavy atom. The normalized spacial score (nSPS) is 14.0. The van der Waals surface area contributed by atoms with Gasteiger partial charge in [0.1, 0.15) is 6.04 Å². The standard InChI is InChI=1S/C11H12F5N.ClH/c1-6-4-3-5-8(7(6)2)9(17)10(12,13)11(14,15)16;/h3-5,9H,17H2,1-2H3;1H/t9-;/m0./s1. The van der Waals surface area contributed by atoms with E-state index in [0.717, 1.165) is 0 Å². The van der Waals surface area contributed by atoms with E-state index in [4.69, 9.17) is 5.73 Å². The van der Waals surface area contributed by atoms with Gasteiger partial charge < -0.3 is 5.73 Å². The molecule has 18 heavy (non-hydrogen) atoms. The second-order valence-corrected chi connectivity index (χ2v) is 3.89. The van der Waals surface area contributed by atoms with Crippen LogP contribution in [0.5, 0.6) is 0 Å². The third-order valence-corrected chi connectivity index (χ3v) is 2.75. The zero-order valence-corrected chi connectivity index (χ0v) is 10.5. The minimum absolute atomic E-state index is 0. The Morgan fingerprint density at radius 3 is 2.00 bits per heavy atom. The van der Waals surface area contributed by atoms with Crippen molar-refractivity contribution in [1.29, 1.82) is 0 Å². The third kappa shape index (κ3) is 2.92. The molecule has 2 N–H and O–H groups in total. The summed E-state index contributed by atoms with van der Waals surface area (Å²) < 4.78 is 62.7. The second kappa shape index (κ2) is 5.40. The smallest absolute Gasteiger partial charge is 0.319 e. The topological polar surface area (TPSA) is 26.0 Å². The van der Waals surface area contributed by atoms with Gasteiger partial charge in [0, 0.05) is 0 Å². The molecule has 104 valence electrons. The molecule has 0 aliphatic heterocycles. The van der Waals surface area contributed by atoms with E-state index in [-0.39, 0.29) is 18.0 Å². The van der Waals surface area contributed by atoms with E-state index >= 15 is 0 Å². The van der Waals surface area contributed by atoms with Gasteiger partial charge in [-0.15, -0.1) is 12.4 Å². The maximum Gasteiger partial charge on any atom is 0.455 e. The molecule has 1 aromatic carbocycles. The molecule has 0 fully saturated rings. The van der Waals surface area contributed by atoms with Gasteiger partial charge in [-0.2, -0.15) is 22.0 Å². The second-order valence-electron chi connectivity index (χ2n) is 3.89. The molecule has 1 aromatic rings. The van der Waals surface area contributed by atoms with Gasteiger partial charge in [0.25, 0.3) is 0 Å². The highest BCUT2D eigenvalue weighted by atomic mass is 35.5. The number of aryl methyl sites for hydroxylation is 1. The zero-order valence-electron chi connectivity index (χ0n) is 9.68. The monoisotopic (exact) mass is 289 g/mol. The Morgan fingerprint density at radius 2 is 1.56 bits per heavy atom. The number of halogens is 6. The van der Waals surface area contributed by atoms with Crippen LogP contribution in [-0.4, -0.2) is 12.1 Å². The maximum atomic E-state index is 13.1. The van der Waals surface area contributed by atoms with Gasteiger partial charge in [-0.3, -0.25) is 0 Å². The molecule has 0 bridgehead atoms. The largest absolute Gasteiger partial charge is 0.455 e. The highest BCUT2D eigenvalue weighted by Crippen LogP contribution is 2.44. The van der Waals surface area contributed by atoms with Crippen molar-refractivity contribution in [2.24, 2.45) is 5.73 Å². The average Bonchev–Trinajstić information content (AvgIpc) is 2.19. The van der Waals surface area contributed by atoms with Gasteiger partial charge >= 0.3 is 12.1 Å². The SMILES string of the molecule is Cc1cccc([C@H](N)C(F)(F)C(F)(F)F)c1C.Cl. The van der Waals surface area contributed by atoms with Crippen molar-refractivity contribution in [2.45, 2.75) is 32.0 Å². The molecule has 1 atom stereocenters. The van der Waals surface area contributed by atoms with Crippen molar-refractivity contribution >= 4 is 12.4 Å². The average molecular weight is 290 g/mol. The Kier molecular flexibility index (Phi) is 5.14. The summed E-state index contributed by atoms with van der Waals surface area (Å²) in [6.07, 6.45) is -5.65. The van der Waals surface area contributed by atoms with Gasteiger partial charge in [-0.05, 0) is 30.5 Å². The Balaban J connectivity index is 0.00000289. The number of hydrogen-bond acceptors (Lipinski definition) is 1. The lowest BCUT2D eigenvalue weighted by molar-refractivity contribution is -0.291. The van der Waals surface area contributed by atoms with E-state index in [2.05, 4.69) is 0 Å². The maximum absolute atomic E-state index is 13.1. The number of alkyl halides is 5. The fourth-order valence-electron chi connectivity index (χ4n) is 1.48. The molecule has 0 spiro atoms. The highest BCUT2D eigenvalue weighted by molar-refractivity contribution is 5.85. The molecule has 0 aliphatic rings. The molecule has 1 nitrogen and oxygen atoms in total. The zero-order chi connectivity index (χ0) is 13.4. The lowest BCUT2D eigenvalue weighted by Gasteiger charge is -2.27. The predicted molar refractivity (Wildman–Crippen MR) is 61.1 cm³/mol. The first-order chi connectivity index (χ1) is 7.59. The van der Waals surface area contributed by atoms with Crippen molar-refractivity contribution in [3.8, 4) is 0 Å². The molecular weight excluding hydrogens is 277 g/mol. The lowest BCUT2D eigenvalue weighted by atomic mass is 9.94. The van der Waals surface area contributed by atoms with Crippen LogP contribution in [0.3, 0.4) is 0 Å². The van der Waals surface area contributed by atoms with Gasteiger partial charge in [-0.1, -0.05) is 18.2 Å². The molecule has 1 rings (SSSR count). The third-order valence-electron chi connectivity index (χ3n) is 2.75. The van der Waals surface area contributed by atoms with Gasteiger partial charge in [0.15, 0.2) is 0 Å². The van der Waals surface area contributed by atoms with Crippen molar-refractivity contribution < 1.29 is 22.0 Å². The van der Waals surface area contributed by atoms with Crippen molar-refractivity contribution in [2.75, 3.05) is 0 Å². The summed E-state index contributed by atoms with van der Waals surface area (Å²) >= 11 is 0. The summed E-state index contributed by atoms with van der Waals surface area (Å²) in [5, 5.41) is 0. The van der Waals surface area contributed by atoms with Crippen LogP contribution in [0.1, 0.15) is 22.7 Å². The first-order valence-corrected chi connectivity index (χ1v) is 4.85. The molecule has 0 unspecified atom stereocenters. The quantitative estimate of drug-likeness (QED) is 0.821. The predicted octanol–water partition coefficient (Wildman–Crippen LogP) is 3.92. The Labute approximate surface area is 108 Å². The number of rotatable bonds is 2. The molecule has 0 amide bonds. The number of benzene rings is 1. The van der Waals surface area contributed by atoms with Crippen LogP contribution < -0.4 is 5.73 Å². The molecule has 0 heterocycles. The summed E-state index contributed by atoms with van der Waals surface area (Å²) in [7, 11) is 0. The summed E-state index contributed by atoms with van der Waals surface area (Å²) in [5.41, 5.74) is 5.84. The van der Waals surface area contributed by atoms with Crippen molar-refractivity contribution in [3.63, 3.8) is 0 Å². The molecular formula is C11H13ClF5N. The van der Waals surface area contributed by atoms with Crippen LogP contribution in [0.4, 0.5) is 22.0 Å². The van der Waals surface area contributed by atoms with E-state index in [1.807, 2.05) is 0 Å². The molecule has 0 aromatic heterocycles. The summed E-state index contributed by atoms with van der Waals surface area (Å²) in [5.74, 6) is -4.94. The van der Waals surface area contributed by atoms with Gasteiger partial charge in [-0.25, -0.2) is 0 Å². The van der Waals surface area contributed by atoms with Crippen LogP contribution in [0.15, 0.2) is 18.2 Å². The molecule has 0 radical (unpaired) electrons. The highest BCUT2D eigenvalue weighted by Gasteiger charge is 2.61. The van der Waals surface area contributed by atoms with Crippen molar-refractivity contribution in [1.82, 2.24) is 0 Å². The molecule has 0 aliphatic carbocycles. The van der Waals surface area contributed by atoms with E-state index < -0.39 is 18.1 Å². The molecule has 0 saturated heterocycles. The lowest BCUT2D eigenvalue weighted by Crippen LogP contribution is -2.46. The van der Waals surface area contributed by atoms with E-state index in [1.54, 1.807) is 13.0 Å². The van der Waals surface area contributed by atoms with Gasteiger partial charge in [0.2, 0.25) is 0 Å². The first-order valence-electron chi connectivity index (χ1n) is 4.85. The minimum Gasteiger partial charge on any atom is -0.319 e. The first kappa shape index (κ1) is 17.1. The Bertz CT molecular complexity index is 416. The molecule has 7 heteroatoms. The van der Waals surface area contributed by atoms with Crippen LogP contribution in [-0.2, 0) is 0 Å². The van der Waals surface area contributed by atoms with Gasteiger partial charge in [0.05, 0.1) is 0 Å². The van der Waals surface area contributed by atoms with E-state index in [1.165, 1.54) is 19.1 Å². The summed E-state index contributed by atoms with van der Waals surface area (Å²) in [4.78, 5) is 0. The van der Waals surface area contributed by atoms with E-state index in [0.29, 0.717) is 11.1 Å².